The van der Waals surface area contributed by atoms with Gasteiger partial charge < -0.3 is 9.47 Å². The van der Waals surface area contributed by atoms with Crippen molar-refractivity contribution in [2.45, 2.75) is 96.8 Å². The van der Waals surface area contributed by atoms with Crippen LogP contribution in [-0.2, 0) is 54.1 Å². The van der Waals surface area contributed by atoms with Gasteiger partial charge in [-0.05, 0) is 98.6 Å². The summed E-state index contributed by atoms with van der Waals surface area (Å²) in [7, 11) is 3.70. The Balaban J connectivity index is 1.49. The number of hydrogen-bond donors (Lipinski definition) is 0. The van der Waals surface area contributed by atoms with Gasteiger partial charge in [-0.3, -0.25) is 14.5 Å². The second-order valence-electron chi connectivity index (χ2n) is 11.8. The molecule has 0 amide bonds. The largest absolute Gasteiger partial charge is 0.496 e. The lowest BCUT2D eigenvalue weighted by Crippen LogP contribution is -2.16. The maximum Gasteiger partial charge on any atom is 0.306 e. The molecule has 4 rings (SSSR count). The van der Waals surface area contributed by atoms with E-state index in [0.717, 1.165) is 42.7 Å². The monoisotopic (exact) mass is 531 g/mol. The predicted molar refractivity (Wildman–Crippen MR) is 156 cm³/mol. The van der Waals surface area contributed by atoms with Crippen LogP contribution in [-0.4, -0.2) is 34.5 Å². The summed E-state index contributed by atoms with van der Waals surface area (Å²) in [5.74, 6) is 0.508. The number of aryl methyl sites for hydroxylation is 5. The lowest BCUT2D eigenvalue weighted by Gasteiger charge is -2.24. The third kappa shape index (κ3) is 7.49. The number of carbonyl (C=O) groups excluding carboxylic acids is 1. The second-order valence-corrected chi connectivity index (χ2v) is 11.8. The average molecular weight is 532 g/mol. The molecule has 1 aliphatic rings. The number of hydrogen-bond acceptors (Lipinski definition) is 5. The number of aromatic nitrogens is 3. The van der Waals surface area contributed by atoms with Crippen LogP contribution >= 0.6 is 0 Å². The first-order chi connectivity index (χ1) is 18.7. The minimum Gasteiger partial charge on any atom is -0.496 e. The summed E-state index contributed by atoms with van der Waals surface area (Å²) < 4.78 is 13.1. The molecule has 0 fully saturated rings. The zero-order chi connectivity index (χ0) is 28.0. The summed E-state index contributed by atoms with van der Waals surface area (Å²) in [4.78, 5) is 17.6. The summed E-state index contributed by atoms with van der Waals surface area (Å²) in [6.45, 7) is 8.81. The van der Waals surface area contributed by atoms with E-state index < -0.39 is 0 Å². The molecule has 1 atom stereocenters. The number of nitrogens with zero attached hydrogens (tertiary/aromatic N) is 3. The van der Waals surface area contributed by atoms with Gasteiger partial charge in [0.05, 0.1) is 25.8 Å². The number of benzene rings is 1. The number of rotatable bonds is 11. The minimum atomic E-state index is -0.195. The fraction of sp³-hybridized carbons (Fsp3) is 0.545. The fourth-order valence-corrected chi connectivity index (χ4v) is 5.61. The lowest BCUT2D eigenvalue weighted by molar-refractivity contribution is -0.143. The van der Waals surface area contributed by atoms with Crippen LogP contribution in [0.5, 0.6) is 5.75 Å². The molecule has 210 valence electrons. The Morgan fingerprint density at radius 3 is 2.59 bits per heavy atom. The van der Waals surface area contributed by atoms with E-state index >= 15 is 0 Å². The molecule has 6 heteroatoms. The molecule has 0 radical (unpaired) electrons. The van der Waals surface area contributed by atoms with Gasteiger partial charge in [0, 0.05) is 30.0 Å². The van der Waals surface area contributed by atoms with E-state index in [1.165, 1.54) is 47.5 Å². The molecule has 0 saturated heterocycles. The van der Waals surface area contributed by atoms with E-state index in [-0.39, 0.29) is 23.7 Å². The predicted octanol–water partition coefficient (Wildman–Crippen LogP) is 6.45. The topological polar surface area (TPSA) is 66.2 Å². The Morgan fingerprint density at radius 1 is 1.05 bits per heavy atom. The van der Waals surface area contributed by atoms with Gasteiger partial charge in [-0.2, -0.15) is 5.10 Å². The number of carbonyl (C=O) groups is 1. The quantitative estimate of drug-likeness (QED) is 0.266. The molecule has 2 heterocycles. The van der Waals surface area contributed by atoms with Crippen LogP contribution in [0.1, 0.15) is 98.8 Å². The summed E-state index contributed by atoms with van der Waals surface area (Å²) in [5, 5.41) is 4.85. The zero-order valence-corrected chi connectivity index (χ0v) is 24.7. The van der Waals surface area contributed by atoms with Gasteiger partial charge in [-0.1, -0.05) is 39.0 Å². The number of ether oxygens (including phenoxy) is 2. The van der Waals surface area contributed by atoms with Crippen LogP contribution in [0.4, 0.5) is 0 Å². The highest BCUT2D eigenvalue weighted by Gasteiger charge is 2.25. The van der Waals surface area contributed by atoms with Crippen LogP contribution in [0, 0.1) is 0 Å². The normalized spacial score (nSPS) is 14.1. The van der Waals surface area contributed by atoms with Crippen LogP contribution < -0.4 is 4.74 Å². The van der Waals surface area contributed by atoms with Crippen molar-refractivity contribution in [3.05, 3.63) is 75.9 Å². The van der Waals surface area contributed by atoms with Crippen molar-refractivity contribution in [3.8, 4) is 5.75 Å². The van der Waals surface area contributed by atoms with Crippen molar-refractivity contribution in [3.63, 3.8) is 0 Å². The molecule has 2 aromatic heterocycles. The molecule has 1 aliphatic carbocycles. The number of esters is 1. The highest BCUT2D eigenvalue weighted by molar-refractivity contribution is 5.71. The van der Waals surface area contributed by atoms with E-state index in [1.807, 2.05) is 24.7 Å². The first-order valence-electron chi connectivity index (χ1n) is 14.5. The van der Waals surface area contributed by atoms with Gasteiger partial charge in [0.1, 0.15) is 5.75 Å². The molecular formula is C33H45N3O3. The van der Waals surface area contributed by atoms with Gasteiger partial charge in [0.2, 0.25) is 0 Å². The minimum absolute atomic E-state index is 0.0133. The Morgan fingerprint density at radius 2 is 1.85 bits per heavy atom. The van der Waals surface area contributed by atoms with Crippen LogP contribution in [0.3, 0.4) is 0 Å². The Bertz CT molecular complexity index is 1270. The fourth-order valence-electron chi connectivity index (χ4n) is 5.61. The maximum atomic E-state index is 12.6. The molecular weight excluding hydrogens is 486 g/mol. The van der Waals surface area contributed by atoms with Gasteiger partial charge in [-0.25, -0.2) is 0 Å². The van der Waals surface area contributed by atoms with Crippen molar-refractivity contribution in [2.75, 3.05) is 13.7 Å². The lowest BCUT2D eigenvalue weighted by atomic mass is 9.82. The smallest absolute Gasteiger partial charge is 0.306 e. The molecule has 0 saturated carbocycles. The van der Waals surface area contributed by atoms with Crippen LogP contribution in [0.2, 0.25) is 0 Å². The van der Waals surface area contributed by atoms with E-state index in [0.29, 0.717) is 13.0 Å². The Hall–Kier alpha value is -3.15. The van der Waals surface area contributed by atoms with Gasteiger partial charge in [0.25, 0.3) is 0 Å². The highest BCUT2D eigenvalue weighted by atomic mass is 16.5. The number of methoxy groups -OCH3 is 1. The first kappa shape index (κ1) is 28.8. The van der Waals surface area contributed by atoms with E-state index in [1.54, 1.807) is 7.11 Å². The number of fused-ring (bicyclic) bond motifs is 1. The highest BCUT2D eigenvalue weighted by Crippen LogP contribution is 2.36. The summed E-state index contributed by atoms with van der Waals surface area (Å²) in [6, 6.07) is 13.0. The molecule has 3 aromatic rings. The molecule has 6 nitrogen and oxygen atoms in total. The van der Waals surface area contributed by atoms with Crippen molar-refractivity contribution >= 4 is 5.97 Å². The van der Waals surface area contributed by atoms with Crippen molar-refractivity contribution in [2.24, 2.45) is 7.05 Å². The van der Waals surface area contributed by atoms with Gasteiger partial charge in [0.15, 0.2) is 0 Å². The third-order valence-electron chi connectivity index (χ3n) is 7.84. The Kier molecular flexibility index (Phi) is 9.47. The van der Waals surface area contributed by atoms with Gasteiger partial charge in [-0.15, -0.1) is 0 Å². The van der Waals surface area contributed by atoms with Gasteiger partial charge >= 0.3 is 5.97 Å². The summed E-state index contributed by atoms with van der Waals surface area (Å²) in [5.41, 5.74) is 8.35. The number of pyridine rings is 1. The SMILES string of the molecule is CCOC(=O)CC(Cc1cc(CCCc2ccc3c(n2)CCCC3)n(C)n1)c1cc(C(C)(C)C)ccc1OC. The summed E-state index contributed by atoms with van der Waals surface area (Å²) in [6.07, 6.45) is 8.69. The maximum absolute atomic E-state index is 12.6. The van der Waals surface area contributed by atoms with Crippen molar-refractivity contribution in [1.82, 2.24) is 14.8 Å². The zero-order valence-electron chi connectivity index (χ0n) is 24.7. The molecule has 1 unspecified atom stereocenters. The molecule has 0 aliphatic heterocycles. The molecule has 0 bridgehead atoms. The third-order valence-corrected chi connectivity index (χ3v) is 7.84. The van der Waals surface area contributed by atoms with E-state index in [9.17, 15) is 4.79 Å². The van der Waals surface area contributed by atoms with Crippen LogP contribution in [0.25, 0.3) is 0 Å². The molecule has 0 spiro atoms. The van der Waals surface area contributed by atoms with Crippen molar-refractivity contribution in [1.29, 1.82) is 0 Å². The standard InChI is InChI=1S/C33H45N3O3/c1-7-39-32(37)20-24(29-21-25(33(2,3)4)16-18-31(29)38-6)19-27-22-28(36(5)35-27)13-10-12-26-17-15-23-11-8-9-14-30(23)34-26/h15-18,21-22,24H,7-14,19-20H2,1-6H3. The molecule has 0 N–H and O–H groups in total. The first-order valence-corrected chi connectivity index (χ1v) is 14.5. The second kappa shape index (κ2) is 12.8. The van der Waals surface area contributed by atoms with E-state index in [2.05, 4.69) is 51.1 Å². The van der Waals surface area contributed by atoms with Crippen LogP contribution in [0.15, 0.2) is 36.4 Å². The summed E-state index contributed by atoms with van der Waals surface area (Å²) >= 11 is 0. The van der Waals surface area contributed by atoms with E-state index in [4.69, 9.17) is 19.6 Å². The molecule has 39 heavy (non-hydrogen) atoms. The Labute approximate surface area is 234 Å². The average Bonchev–Trinajstić information content (AvgIpc) is 3.26. The molecule has 1 aromatic carbocycles. The van der Waals surface area contributed by atoms with Crippen molar-refractivity contribution < 1.29 is 14.3 Å².